The summed E-state index contributed by atoms with van der Waals surface area (Å²) in [6.45, 7) is 5.11. The molecular formula is C29H30F9N7O7. The number of alkyl halides is 9. The van der Waals surface area contributed by atoms with E-state index in [4.69, 9.17) is 39.9 Å². The van der Waals surface area contributed by atoms with E-state index in [1.165, 1.54) is 0 Å². The van der Waals surface area contributed by atoms with Gasteiger partial charge in [-0.2, -0.15) is 44.6 Å². The molecule has 0 saturated carbocycles. The number of rotatable bonds is 6. The Morgan fingerprint density at radius 3 is 1.94 bits per heavy atom. The molecule has 4 aromatic rings. The molecule has 0 spiro atoms. The summed E-state index contributed by atoms with van der Waals surface area (Å²) >= 11 is 0. The van der Waals surface area contributed by atoms with Crippen molar-refractivity contribution in [3.8, 4) is 22.6 Å². The highest BCUT2D eigenvalue weighted by molar-refractivity contribution is 5.83. The number of carboxylic acids is 3. The Morgan fingerprint density at radius 1 is 0.904 bits per heavy atom. The van der Waals surface area contributed by atoms with Crippen molar-refractivity contribution in [3.05, 3.63) is 42.9 Å². The van der Waals surface area contributed by atoms with E-state index < -0.39 is 36.4 Å². The number of carboxylic acid groups (broad SMARTS) is 3. The van der Waals surface area contributed by atoms with Crippen molar-refractivity contribution in [1.82, 2.24) is 25.1 Å². The Balaban J connectivity index is 0.000000365. The zero-order valence-electron chi connectivity index (χ0n) is 26.6. The van der Waals surface area contributed by atoms with Crippen LogP contribution in [0.2, 0.25) is 0 Å². The number of aromatic nitrogens is 4. The smallest absolute Gasteiger partial charge is 0.475 e. The molecule has 0 unspecified atom stereocenters. The zero-order valence-corrected chi connectivity index (χ0v) is 26.6. The van der Waals surface area contributed by atoms with Crippen LogP contribution in [-0.4, -0.2) is 91.1 Å². The lowest BCUT2D eigenvalue weighted by atomic mass is 10.1. The van der Waals surface area contributed by atoms with Gasteiger partial charge < -0.3 is 36.1 Å². The number of nitrogens with two attached hydrogens (primary N) is 1. The molecule has 0 bridgehead atoms. The number of halogens is 9. The molecule has 1 aromatic carbocycles. The molecule has 1 aliphatic heterocycles. The molecular weight excluding hydrogens is 729 g/mol. The maximum Gasteiger partial charge on any atom is 0.490 e. The van der Waals surface area contributed by atoms with Crippen LogP contribution in [0.25, 0.3) is 33.7 Å². The van der Waals surface area contributed by atoms with Crippen molar-refractivity contribution >= 4 is 40.5 Å². The predicted molar refractivity (Wildman–Crippen MR) is 164 cm³/mol. The van der Waals surface area contributed by atoms with Crippen molar-refractivity contribution in [2.24, 2.45) is 0 Å². The van der Waals surface area contributed by atoms with Crippen molar-refractivity contribution < 1.29 is 73.6 Å². The van der Waals surface area contributed by atoms with Gasteiger partial charge in [-0.15, -0.1) is 0 Å². The molecule has 0 amide bonds. The summed E-state index contributed by atoms with van der Waals surface area (Å²) in [5.41, 5.74) is 11.4. The first-order chi connectivity index (χ1) is 24.0. The number of piperidine rings is 1. The van der Waals surface area contributed by atoms with Crippen molar-refractivity contribution in [2.45, 2.75) is 50.8 Å². The molecule has 286 valence electrons. The molecule has 4 heterocycles. The van der Waals surface area contributed by atoms with Gasteiger partial charge in [-0.1, -0.05) is 6.92 Å². The highest BCUT2D eigenvalue weighted by Gasteiger charge is 2.39. The van der Waals surface area contributed by atoms with Gasteiger partial charge in [0.25, 0.3) is 0 Å². The van der Waals surface area contributed by atoms with Crippen LogP contribution >= 0.6 is 0 Å². The largest absolute Gasteiger partial charge is 0.490 e. The fourth-order valence-corrected chi connectivity index (χ4v) is 3.98. The maximum atomic E-state index is 10.6. The molecule has 7 N–H and O–H groups in total. The molecule has 14 nitrogen and oxygen atoms in total. The van der Waals surface area contributed by atoms with E-state index >= 15 is 0 Å². The van der Waals surface area contributed by atoms with Crippen molar-refractivity contribution in [3.63, 3.8) is 0 Å². The standard InChI is InChI=1S/C23H27N7O.3C2HF3O2/c1-2-7-26-17-3-4-21-20(11-17)29-23(31-21)19-10-15(12-27-22(19)24)16-13-28-30(14-16)18-5-8-25-9-6-18;3*3-2(4,5)1(6)7/h3-4,10-14,18,25-26H,2,5-9H2,1H3,(H2,24,27);3*(H,6,7). The Bertz CT molecular complexity index is 1740. The molecule has 5 rings (SSSR count). The molecule has 3 aromatic heterocycles. The van der Waals surface area contributed by atoms with Gasteiger partial charge in [0.1, 0.15) is 11.3 Å². The Kier molecular flexibility index (Phi) is 14.8. The number of nitrogens with zero attached hydrogens (tertiary/aromatic N) is 4. The third-order valence-electron chi connectivity index (χ3n) is 6.46. The number of carbonyl (C=O) groups is 3. The summed E-state index contributed by atoms with van der Waals surface area (Å²) < 4.78 is 103. The second-order valence-electron chi connectivity index (χ2n) is 10.4. The van der Waals surface area contributed by atoms with Crippen LogP contribution in [0.5, 0.6) is 0 Å². The SMILES string of the molecule is CCCNc1ccc2oc(-c3cc(-c4cnn(C5CCNCC5)c4)cnc3N)nc2c1.O=C(O)C(F)(F)F.O=C(O)C(F)(F)F.O=C(O)C(F)(F)F. The average molecular weight is 760 g/mol. The van der Waals surface area contributed by atoms with E-state index in [1.54, 1.807) is 6.20 Å². The van der Waals surface area contributed by atoms with Crippen LogP contribution in [0, 0.1) is 0 Å². The number of pyridine rings is 1. The summed E-state index contributed by atoms with van der Waals surface area (Å²) in [6, 6.07) is 8.34. The molecule has 1 aliphatic rings. The lowest BCUT2D eigenvalue weighted by Gasteiger charge is -2.22. The van der Waals surface area contributed by atoms with E-state index in [0.29, 0.717) is 23.3 Å². The molecule has 1 fully saturated rings. The number of nitrogens with one attached hydrogen (secondary N) is 2. The normalized spacial score (nSPS) is 13.4. The van der Waals surface area contributed by atoms with Crippen molar-refractivity contribution in [1.29, 1.82) is 0 Å². The molecule has 0 radical (unpaired) electrons. The molecule has 52 heavy (non-hydrogen) atoms. The van der Waals surface area contributed by atoms with E-state index in [-0.39, 0.29) is 0 Å². The summed E-state index contributed by atoms with van der Waals surface area (Å²) in [5, 5.41) is 32.7. The lowest BCUT2D eigenvalue weighted by Crippen LogP contribution is -2.29. The fraction of sp³-hybridized carbons (Fsp3) is 0.379. The van der Waals surface area contributed by atoms with Gasteiger partial charge >= 0.3 is 36.4 Å². The minimum Gasteiger partial charge on any atom is -0.475 e. The second-order valence-corrected chi connectivity index (χ2v) is 10.4. The molecule has 0 atom stereocenters. The van der Waals surface area contributed by atoms with E-state index in [2.05, 4.69) is 43.5 Å². The number of nitrogen functional groups attached to an aromatic ring is 1. The van der Waals surface area contributed by atoms with Gasteiger partial charge in [0.2, 0.25) is 5.89 Å². The average Bonchev–Trinajstić information content (AvgIpc) is 3.72. The van der Waals surface area contributed by atoms with Gasteiger partial charge in [0, 0.05) is 35.8 Å². The summed E-state index contributed by atoms with van der Waals surface area (Å²) in [5.74, 6) is -7.40. The number of hydrogen-bond donors (Lipinski definition) is 6. The molecule has 0 aliphatic carbocycles. The van der Waals surface area contributed by atoms with Gasteiger partial charge in [-0.25, -0.2) is 24.4 Å². The highest BCUT2D eigenvalue weighted by Crippen LogP contribution is 2.32. The van der Waals surface area contributed by atoms with Gasteiger partial charge in [-0.3, -0.25) is 4.68 Å². The van der Waals surface area contributed by atoms with E-state index in [0.717, 1.165) is 66.8 Å². The van der Waals surface area contributed by atoms with Crippen LogP contribution < -0.4 is 16.4 Å². The number of anilines is 2. The Morgan fingerprint density at radius 2 is 1.44 bits per heavy atom. The first kappa shape index (κ1) is 42.6. The first-order valence-corrected chi connectivity index (χ1v) is 14.6. The Labute approximate surface area is 286 Å². The highest BCUT2D eigenvalue weighted by atomic mass is 19.4. The molecule has 1 saturated heterocycles. The van der Waals surface area contributed by atoms with Gasteiger partial charge in [0.05, 0.1) is 17.8 Å². The second kappa shape index (κ2) is 18.1. The zero-order chi connectivity index (χ0) is 39.4. The number of hydrogen-bond acceptors (Lipinski definition) is 10. The monoisotopic (exact) mass is 759 g/mol. The van der Waals surface area contributed by atoms with Crippen LogP contribution in [0.4, 0.5) is 51.0 Å². The minimum absolute atomic E-state index is 0.394. The quantitative estimate of drug-likeness (QED) is 0.125. The third kappa shape index (κ3) is 13.3. The lowest BCUT2D eigenvalue weighted by molar-refractivity contribution is -0.193. The third-order valence-corrected chi connectivity index (χ3v) is 6.46. The van der Waals surface area contributed by atoms with Crippen molar-refractivity contribution in [2.75, 3.05) is 30.7 Å². The topological polar surface area (TPSA) is 219 Å². The van der Waals surface area contributed by atoms with Gasteiger partial charge in [0.15, 0.2) is 5.58 Å². The first-order valence-electron chi connectivity index (χ1n) is 14.6. The summed E-state index contributed by atoms with van der Waals surface area (Å²) in [4.78, 5) is 35.8. The number of benzene rings is 1. The summed E-state index contributed by atoms with van der Waals surface area (Å²) in [7, 11) is 0. The van der Waals surface area contributed by atoms with E-state index in [1.807, 2.05) is 30.5 Å². The van der Waals surface area contributed by atoms with Crippen LogP contribution in [0.1, 0.15) is 32.2 Å². The van der Waals surface area contributed by atoms with Crippen LogP contribution in [-0.2, 0) is 14.4 Å². The molecule has 23 heteroatoms. The van der Waals surface area contributed by atoms with E-state index in [9.17, 15) is 39.5 Å². The Hall–Kier alpha value is -5.61. The minimum atomic E-state index is -5.08. The number of oxazole rings is 1. The van der Waals surface area contributed by atoms with Crippen LogP contribution in [0.15, 0.2) is 47.3 Å². The number of fused-ring (bicyclic) bond motifs is 1. The fourth-order valence-electron chi connectivity index (χ4n) is 3.98. The van der Waals surface area contributed by atoms with Crippen LogP contribution in [0.3, 0.4) is 0 Å². The number of aliphatic carboxylic acids is 3. The summed E-state index contributed by atoms with van der Waals surface area (Å²) in [6.07, 6.45) is -6.26. The maximum absolute atomic E-state index is 10.6. The van der Waals surface area contributed by atoms with Gasteiger partial charge in [-0.05, 0) is 56.6 Å². The predicted octanol–water partition coefficient (Wildman–Crippen LogP) is 5.98.